The first-order chi connectivity index (χ1) is 23.7. The molecule has 1 aromatic heterocycles. The van der Waals surface area contributed by atoms with Crippen LogP contribution in [0.1, 0.15) is 24.0 Å². The van der Waals surface area contributed by atoms with E-state index < -0.39 is 23.8 Å². The van der Waals surface area contributed by atoms with Gasteiger partial charge in [-0.05, 0) is 59.4 Å². The number of carbonyl (C=O) groups is 1. The first kappa shape index (κ1) is 37.5. The fourth-order valence-corrected chi connectivity index (χ4v) is 5.33. The van der Waals surface area contributed by atoms with E-state index >= 15 is 8.78 Å². The average Bonchev–Trinajstić information content (AvgIpc) is 3.49. The summed E-state index contributed by atoms with van der Waals surface area (Å²) in [6.45, 7) is 2.49. The number of aliphatic hydroxyl groups excluding tert-OH is 1. The van der Waals surface area contributed by atoms with Crippen LogP contribution in [-0.4, -0.2) is 105 Å². The van der Waals surface area contributed by atoms with Crippen LogP contribution in [0.4, 0.5) is 22.0 Å². The SMILES string of the molecule is N=C(N)N1CC=C(c2ccc(-c3nnc(-c4ccc(C5=CCN(C(=N)N)CC5)cc4F)n3CCOCCO)c(F)c2)CC1.O=C(O)C(F)(F)F. The van der Waals surface area contributed by atoms with Crippen LogP contribution in [0.5, 0.6) is 0 Å². The highest BCUT2D eigenvalue weighted by Crippen LogP contribution is 2.32. The van der Waals surface area contributed by atoms with Crippen LogP contribution in [0.25, 0.3) is 33.9 Å². The van der Waals surface area contributed by atoms with Crippen LogP contribution in [0.3, 0.4) is 0 Å². The van der Waals surface area contributed by atoms with Crippen molar-refractivity contribution < 1.29 is 41.7 Å². The largest absolute Gasteiger partial charge is 0.490 e. The molecule has 2 aromatic carbocycles. The van der Waals surface area contributed by atoms with E-state index in [1.54, 1.807) is 26.5 Å². The summed E-state index contributed by atoms with van der Waals surface area (Å²) in [5.41, 5.74) is 15.0. The molecule has 2 aliphatic heterocycles. The van der Waals surface area contributed by atoms with Gasteiger partial charge < -0.3 is 40.8 Å². The molecule has 0 saturated carbocycles. The van der Waals surface area contributed by atoms with E-state index in [1.165, 1.54) is 12.1 Å². The summed E-state index contributed by atoms with van der Waals surface area (Å²) in [4.78, 5) is 12.4. The molecule has 0 atom stereocenters. The summed E-state index contributed by atoms with van der Waals surface area (Å²) in [7, 11) is 0. The monoisotopic (exact) mass is 705 g/mol. The molecule has 0 saturated heterocycles. The van der Waals surface area contributed by atoms with Crippen molar-refractivity contribution in [2.45, 2.75) is 25.6 Å². The fraction of sp³-hybridized carbons (Fsp3) is 0.344. The van der Waals surface area contributed by atoms with E-state index in [0.717, 1.165) is 22.3 Å². The molecule has 50 heavy (non-hydrogen) atoms. The number of hydrogen-bond donors (Lipinski definition) is 6. The molecule has 18 heteroatoms. The number of ether oxygens (including phenoxy) is 1. The molecule has 3 heterocycles. The zero-order valence-corrected chi connectivity index (χ0v) is 26.7. The number of alkyl halides is 3. The van der Waals surface area contributed by atoms with Crippen molar-refractivity contribution in [2.75, 3.05) is 46.0 Å². The van der Waals surface area contributed by atoms with E-state index in [2.05, 4.69) is 10.2 Å². The number of hydrogen-bond acceptors (Lipinski definition) is 7. The number of nitrogens with one attached hydrogen (secondary N) is 2. The van der Waals surface area contributed by atoms with Gasteiger partial charge in [0.2, 0.25) is 0 Å². The van der Waals surface area contributed by atoms with Gasteiger partial charge >= 0.3 is 12.1 Å². The maximum atomic E-state index is 15.6. The normalized spacial score (nSPS) is 14.8. The molecule has 0 unspecified atom stereocenters. The highest BCUT2D eigenvalue weighted by molar-refractivity contribution is 5.78. The Morgan fingerprint density at radius 1 is 0.840 bits per heavy atom. The molecule has 5 rings (SSSR count). The van der Waals surface area contributed by atoms with Gasteiger partial charge in [0, 0.05) is 32.7 Å². The van der Waals surface area contributed by atoms with Gasteiger partial charge in [-0.3, -0.25) is 10.8 Å². The van der Waals surface area contributed by atoms with Gasteiger partial charge in [-0.2, -0.15) is 13.2 Å². The molecule has 268 valence electrons. The van der Waals surface area contributed by atoms with Crippen LogP contribution in [0.2, 0.25) is 0 Å². The van der Waals surface area contributed by atoms with Gasteiger partial charge in [0.25, 0.3) is 0 Å². The van der Waals surface area contributed by atoms with Crippen molar-refractivity contribution in [1.29, 1.82) is 10.8 Å². The second-order valence-corrected chi connectivity index (χ2v) is 11.1. The number of halogens is 5. The minimum Gasteiger partial charge on any atom is -0.475 e. The predicted molar refractivity (Wildman–Crippen MR) is 175 cm³/mol. The van der Waals surface area contributed by atoms with Gasteiger partial charge in [0.05, 0.1) is 30.9 Å². The van der Waals surface area contributed by atoms with Crippen molar-refractivity contribution >= 4 is 29.0 Å². The van der Waals surface area contributed by atoms with Crippen molar-refractivity contribution in [1.82, 2.24) is 24.6 Å². The molecule has 2 aliphatic rings. The molecule has 0 amide bonds. The predicted octanol–water partition coefficient (Wildman–Crippen LogP) is 3.50. The minimum atomic E-state index is -5.08. The first-order valence-corrected chi connectivity index (χ1v) is 15.3. The summed E-state index contributed by atoms with van der Waals surface area (Å²) in [5.74, 6) is -3.27. The van der Waals surface area contributed by atoms with Crippen LogP contribution in [0, 0.1) is 22.5 Å². The number of aliphatic carboxylic acids is 1. The third kappa shape index (κ3) is 9.20. The number of nitrogens with two attached hydrogens (primary N) is 2. The lowest BCUT2D eigenvalue weighted by Crippen LogP contribution is -2.39. The maximum absolute atomic E-state index is 15.6. The molecule has 0 radical (unpaired) electrons. The Morgan fingerprint density at radius 3 is 1.60 bits per heavy atom. The topological polar surface area (TPSA) is 204 Å². The Labute approximate surface area is 283 Å². The zero-order chi connectivity index (χ0) is 36.6. The molecule has 0 aliphatic carbocycles. The van der Waals surface area contributed by atoms with Crippen molar-refractivity contribution in [3.63, 3.8) is 0 Å². The first-order valence-electron chi connectivity index (χ1n) is 15.3. The molecular weight excluding hydrogens is 669 g/mol. The maximum Gasteiger partial charge on any atom is 0.490 e. The third-order valence-electron chi connectivity index (χ3n) is 7.95. The summed E-state index contributed by atoms with van der Waals surface area (Å²) in [5, 5.41) is 40.0. The number of carboxylic acids is 1. The smallest absolute Gasteiger partial charge is 0.475 e. The quantitative estimate of drug-likeness (QED) is 0.0828. The van der Waals surface area contributed by atoms with Crippen molar-refractivity contribution in [3.05, 3.63) is 71.3 Å². The average molecular weight is 706 g/mol. The molecule has 0 bridgehead atoms. The highest BCUT2D eigenvalue weighted by atomic mass is 19.4. The van der Waals surface area contributed by atoms with Crippen molar-refractivity contribution in [2.24, 2.45) is 11.5 Å². The van der Waals surface area contributed by atoms with Gasteiger partial charge in [-0.1, -0.05) is 24.3 Å². The van der Waals surface area contributed by atoms with Crippen molar-refractivity contribution in [3.8, 4) is 22.8 Å². The number of aliphatic hydroxyl groups is 1. The van der Waals surface area contributed by atoms with E-state index in [9.17, 15) is 13.2 Å². The lowest BCUT2D eigenvalue weighted by Gasteiger charge is -2.26. The second kappa shape index (κ2) is 16.4. The molecule has 8 N–H and O–H groups in total. The Morgan fingerprint density at radius 2 is 1.28 bits per heavy atom. The van der Waals surface area contributed by atoms with Gasteiger partial charge in [0.1, 0.15) is 11.6 Å². The minimum absolute atomic E-state index is 0.00749. The van der Waals surface area contributed by atoms with Crippen LogP contribution < -0.4 is 11.5 Å². The fourth-order valence-electron chi connectivity index (χ4n) is 5.33. The van der Waals surface area contributed by atoms with E-state index in [1.807, 2.05) is 24.3 Å². The van der Waals surface area contributed by atoms with E-state index in [-0.39, 0.29) is 61.1 Å². The summed E-state index contributed by atoms with van der Waals surface area (Å²) in [6, 6.07) is 9.81. The molecule has 0 spiro atoms. The van der Waals surface area contributed by atoms with E-state index in [0.29, 0.717) is 39.0 Å². The number of nitrogens with zero attached hydrogens (tertiary/aromatic N) is 5. The highest BCUT2D eigenvalue weighted by Gasteiger charge is 2.38. The van der Waals surface area contributed by atoms with Crippen LogP contribution in [-0.2, 0) is 16.1 Å². The Kier molecular flexibility index (Phi) is 12.3. The molecule has 0 fully saturated rings. The number of aromatic nitrogens is 3. The van der Waals surface area contributed by atoms with Crippen LogP contribution in [0.15, 0.2) is 48.6 Å². The van der Waals surface area contributed by atoms with E-state index in [4.69, 9.17) is 42.0 Å². The molecule has 3 aromatic rings. The number of guanidine groups is 2. The van der Waals surface area contributed by atoms with Gasteiger partial charge in [-0.25, -0.2) is 13.6 Å². The Balaban J connectivity index is 0.000000727. The second-order valence-electron chi connectivity index (χ2n) is 11.1. The Hall–Kier alpha value is -5.36. The lowest BCUT2D eigenvalue weighted by atomic mass is 9.97. The third-order valence-corrected chi connectivity index (χ3v) is 7.95. The zero-order valence-electron chi connectivity index (χ0n) is 26.7. The summed E-state index contributed by atoms with van der Waals surface area (Å²) < 4.78 is 70.0. The summed E-state index contributed by atoms with van der Waals surface area (Å²) in [6.07, 6.45) is 0.0469. The van der Waals surface area contributed by atoms with Gasteiger partial charge in [-0.15, -0.1) is 10.2 Å². The van der Waals surface area contributed by atoms with Crippen LogP contribution >= 0.6 is 0 Å². The number of benzene rings is 2. The lowest BCUT2D eigenvalue weighted by molar-refractivity contribution is -0.192. The Bertz CT molecular complexity index is 1680. The summed E-state index contributed by atoms with van der Waals surface area (Å²) >= 11 is 0. The molecule has 13 nitrogen and oxygen atoms in total. The standard InChI is InChI=1S/C30H35F2N9O2.C2HF3O2/c31-25-17-21(19-5-9-39(10-6-19)29(33)34)1-3-23(25)27-37-38-28(41(27)13-15-43-16-14-42)24-4-2-22(18-26(24)32)20-7-11-40(12-8-20)30(35)36;3-2(4,5)1(6)7/h1-5,7,17-18,42H,6,8-16H2,(H3,33,34)(H3,35,36);(H,6,7). The van der Waals surface area contributed by atoms with Gasteiger partial charge in [0.15, 0.2) is 23.6 Å². The number of carboxylic acid groups (broad SMARTS) is 1. The number of rotatable bonds is 9. The molecular formula is C32H36F5N9O4.